The minimum absolute atomic E-state index is 0.00568. The lowest BCUT2D eigenvalue weighted by Gasteiger charge is -2.28. The molecule has 0 radical (unpaired) electrons. The molecule has 0 amide bonds. The maximum Gasteiger partial charge on any atom is 0.211 e. The van der Waals surface area contributed by atoms with Crippen LogP contribution in [0.2, 0.25) is 0 Å². The highest BCUT2D eigenvalue weighted by molar-refractivity contribution is 5.66. The summed E-state index contributed by atoms with van der Waals surface area (Å²) >= 11 is 0. The zero-order valence-electron chi connectivity index (χ0n) is 21.5. The molecule has 1 aromatic carbocycles. The fourth-order valence-corrected chi connectivity index (χ4v) is 2.54. The van der Waals surface area contributed by atoms with Gasteiger partial charge in [-0.25, -0.2) is 0 Å². The van der Waals surface area contributed by atoms with Crippen molar-refractivity contribution in [2.75, 3.05) is 0 Å². The van der Waals surface area contributed by atoms with E-state index in [1.807, 2.05) is 6.07 Å². The average Bonchev–Trinajstić information content (AvgIpc) is 2.77. The maximum absolute atomic E-state index is 6.42. The van der Waals surface area contributed by atoms with E-state index in [-0.39, 0.29) is 30.5 Å². The molecule has 0 bridgehead atoms. The molecular weight excluding hydrogens is 392 g/mol. The summed E-state index contributed by atoms with van der Waals surface area (Å²) in [5, 5.41) is 0. The van der Waals surface area contributed by atoms with Crippen LogP contribution in [0.5, 0.6) is 28.7 Å². The number of rotatable bonds is 15. The molecule has 0 aliphatic carbocycles. The van der Waals surface area contributed by atoms with Crippen molar-refractivity contribution in [2.45, 2.75) is 132 Å². The lowest BCUT2D eigenvalue weighted by atomic mass is 10.2. The van der Waals surface area contributed by atoms with Crippen LogP contribution in [0.3, 0.4) is 0 Å². The molecule has 0 fully saturated rings. The van der Waals surface area contributed by atoms with Crippen LogP contribution in [-0.2, 0) is 0 Å². The van der Waals surface area contributed by atoms with E-state index in [2.05, 4.69) is 69.2 Å². The van der Waals surface area contributed by atoms with Gasteiger partial charge < -0.3 is 23.7 Å². The minimum atomic E-state index is -0.00568. The molecule has 0 saturated carbocycles. The van der Waals surface area contributed by atoms with Gasteiger partial charge in [-0.15, -0.1) is 0 Å². The molecule has 180 valence electrons. The molecule has 0 saturated heterocycles. The number of hydrogen-bond donors (Lipinski definition) is 0. The molecule has 0 heterocycles. The van der Waals surface area contributed by atoms with Gasteiger partial charge in [0.2, 0.25) is 17.2 Å². The lowest BCUT2D eigenvalue weighted by molar-refractivity contribution is 0.132. The number of ether oxygens (including phenoxy) is 5. The molecule has 1 rings (SSSR count). The van der Waals surface area contributed by atoms with Gasteiger partial charge in [-0.1, -0.05) is 34.6 Å². The van der Waals surface area contributed by atoms with Crippen molar-refractivity contribution in [3.05, 3.63) is 6.07 Å². The van der Waals surface area contributed by atoms with Crippen molar-refractivity contribution in [3.63, 3.8) is 0 Å². The van der Waals surface area contributed by atoms with Crippen molar-refractivity contribution in [2.24, 2.45) is 0 Å². The summed E-state index contributed by atoms with van der Waals surface area (Å²) in [6.07, 6.45) is 4.47. The normalized spacial score (nSPS) is 16.1. The minimum Gasteiger partial charge on any atom is -0.487 e. The van der Waals surface area contributed by atoms with E-state index in [1.54, 1.807) is 0 Å². The van der Waals surface area contributed by atoms with Crippen LogP contribution < -0.4 is 23.7 Å². The van der Waals surface area contributed by atoms with E-state index >= 15 is 0 Å². The predicted octanol–water partition coefficient (Wildman–Crippen LogP) is 7.57. The van der Waals surface area contributed by atoms with Crippen molar-refractivity contribution in [1.29, 1.82) is 0 Å². The van der Waals surface area contributed by atoms with Crippen LogP contribution in [0.25, 0.3) is 0 Å². The van der Waals surface area contributed by atoms with Crippen LogP contribution in [-0.4, -0.2) is 30.5 Å². The maximum atomic E-state index is 6.42. The third kappa shape index (κ3) is 8.34. The van der Waals surface area contributed by atoms with Crippen LogP contribution in [0, 0.1) is 0 Å². The zero-order chi connectivity index (χ0) is 23.6. The van der Waals surface area contributed by atoms with Crippen LogP contribution in [0.4, 0.5) is 0 Å². The van der Waals surface area contributed by atoms with Gasteiger partial charge in [0.25, 0.3) is 0 Å². The molecule has 0 N–H and O–H groups in total. The molecule has 0 spiro atoms. The highest BCUT2D eigenvalue weighted by atomic mass is 16.6. The summed E-state index contributed by atoms with van der Waals surface area (Å²) in [4.78, 5) is 0. The Bertz CT molecular complexity index is 599. The largest absolute Gasteiger partial charge is 0.487 e. The first-order valence-electron chi connectivity index (χ1n) is 12.2. The van der Waals surface area contributed by atoms with Crippen molar-refractivity contribution in [1.82, 2.24) is 0 Å². The third-order valence-electron chi connectivity index (χ3n) is 5.61. The standard InChI is InChI=1S/C26H46O5/c1-11-17(6)27-22-16-23(28-18(7)12-2)25(30-20(9)14-4)26(31-21(10)15-5)24(22)29-19(8)13-3/h16-21H,11-15H2,1-10H3. The predicted molar refractivity (Wildman–Crippen MR) is 128 cm³/mol. The summed E-state index contributed by atoms with van der Waals surface area (Å²) < 4.78 is 31.8. The molecule has 5 atom stereocenters. The molecule has 5 heteroatoms. The molecular formula is C26H46O5. The molecule has 0 aromatic heterocycles. The summed E-state index contributed by atoms with van der Waals surface area (Å²) in [6, 6.07) is 1.91. The third-order valence-corrected chi connectivity index (χ3v) is 5.61. The van der Waals surface area contributed by atoms with Crippen LogP contribution in [0.15, 0.2) is 6.07 Å². The monoisotopic (exact) mass is 438 g/mol. The van der Waals surface area contributed by atoms with Crippen molar-refractivity contribution in [3.8, 4) is 28.7 Å². The van der Waals surface area contributed by atoms with Gasteiger partial charge in [-0.2, -0.15) is 0 Å². The highest BCUT2D eigenvalue weighted by Crippen LogP contribution is 2.52. The van der Waals surface area contributed by atoms with E-state index in [9.17, 15) is 0 Å². The Morgan fingerprint density at radius 3 is 1.00 bits per heavy atom. The second kappa shape index (κ2) is 13.6. The second-order valence-electron chi connectivity index (χ2n) is 8.54. The highest BCUT2D eigenvalue weighted by Gasteiger charge is 2.29. The second-order valence-corrected chi connectivity index (χ2v) is 8.54. The van der Waals surface area contributed by atoms with E-state index in [4.69, 9.17) is 23.7 Å². The Labute approximate surface area is 190 Å². The Kier molecular flexibility index (Phi) is 12.0. The van der Waals surface area contributed by atoms with Crippen LogP contribution >= 0.6 is 0 Å². The van der Waals surface area contributed by atoms with Gasteiger partial charge in [-0.05, 0) is 66.7 Å². The lowest BCUT2D eigenvalue weighted by Crippen LogP contribution is -2.20. The first-order valence-corrected chi connectivity index (χ1v) is 12.2. The van der Waals surface area contributed by atoms with E-state index < -0.39 is 0 Å². The smallest absolute Gasteiger partial charge is 0.211 e. The van der Waals surface area contributed by atoms with E-state index in [1.165, 1.54) is 0 Å². The molecule has 5 nitrogen and oxygen atoms in total. The summed E-state index contributed by atoms with van der Waals surface area (Å²) in [5.74, 6) is 3.06. The quantitative estimate of drug-likeness (QED) is 0.282. The van der Waals surface area contributed by atoms with Gasteiger partial charge >= 0.3 is 0 Å². The number of benzene rings is 1. The van der Waals surface area contributed by atoms with E-state index in [0.717, 1.165) is 32.1 Å². The average molecular weight is 439 g/mol. The van der Waals surface area contributed by atoms with Gasteiger partial charge in [0.15, 0.2) is 11.5 Å². The molecule has 0 aliphatic rings. The SMILES string of the molecule is CCC(C)Oc1cc(OC(C)CC)c(OC(C)CC)c(OC(C)CC)c1OC(C)CC. The van der Waals surface area contributed by atoms with Gasteiger partial charge in [0.05, 0.1) is 30.5 Å². The Hall–Kier alpha value is -1.78. The topological polar surface area (TPSA) is 46.2 Å². The van der Waals surface area contributed by atoms with Crippen LogP contribution in [0.1, 0.15) is 101 Å². The molecule has 5 unspecified atom stereocenters. The van der Waals surface area contributed by atoms with Gasteiger partial charge in [-0.3, -0.25) is 0 Å². The van der Waals surface area contributed by atoms with Crippen molar-refractivity contribution >= 4 is 0 Å². The molecule has 1 aromatic rings. The Morgan fingerprint density at radius 1 is 0.452 bits per heavy atom. The van der Waals surface area contributed by atoms with Crippen molar-refractivity contribution < 1.29 is 23.7 Å². The van der Waals surface area contributed by atoms with Gasteiger partial charge in [0.1, 0.15) is 0 Å². The number of hydrogen-bond acceptors (Lipinski definition) is 5. The fourth-order valence-electron chi connectivity index (χ4n) is 2.54. The summed E-state index contributed by atoms with van der Waals surface area (Å²) in [6.45, 7) is 20.8. The zero-order valence-corrected chi connectivity index (χ0v) is 21.5. The summed E-state index contributed by atoms with van der Waals surface area (Å²) in [7, 11) is 0. The first kappa shape index (κ1) is 27.3. The van der Waals surface area contributed by atoms with E-state index in [0.29, 0.717) is 28.7 Å². The first-order chi connectivity index (χ1) is 14.7. The molecule has 31 heavy (non-hydrogen) atoms. The molecule has 0 aliphatic heterocycles. The summed E-state index contributed by atoms with van der Waals surface area (Å²) in [5.41, 5.74) is 0. The fraction of sp³-hybridized carbons (Fsp3) is 0.769. The van der Waals surface area contributed by atoms with Gasteiger partial charge in [0, 0.05) is 6.07 Å². The Morgan fingerprint density at radius 2 is 0.710 bits per heavy atom. The Balaban J connectivity index is 3.77.